The highest BCUT2D eigenvalue weighted by Crippen LogP contribution is 2.38. The van der Waals surface area contributed by atoms with Crippen molar-refractivity contribution in [3.63, 3.8) is 0 Å². The van der Waals surface area contributed by atoms with Gasteiger partial charge in [0.2, 0.25) is 0 Å². The lowest BCUT2D eigenvalue weighted by atomic mass is 10.1. The predicted molar refractivity (Wildman–Crippen MR) is 89.8 cm³/mol. The van der Waals surface area contributed by atoms with E-state index in [-0.39, 0.29) is 12.4 Å². The van der Waals surface area contributed by atoms with Crippen molar-refractivity contribution in [3.05, 3.63) is 29.3 Å². The van der Waals surface area contributed by atoms with Gasteiger partial charge >= 0.3 is 6.18 Å². The van der Waals surface area contributed by atoms with Crippen molar-refractivity contribution < 1.29 is 22.5 Å². The Labute approximate surface area is 143 Å². The van der Waals surface area contributed by atoms with Crippen LogP contribution >= 0.6 is 0 Å². The summed E-state index contributed by atoms with van der Waals surface area (Å²) in [5.74, 6) is 0.154. The predicted octanol–water partition coefficient (Wildman–Crippen LogP) is 4.77. The molecule has 134 valence electrons. The van der Waals surface area contributed by atoms with Gasteiger partial charge in [0.05, 0.1) is 17.9 Å². The molecule has 1 saturated carbocycles. The molecule has 1 fully saturated rings. The number of hydrogen-bond acceptors (Lipinski definition) is 3. The van der Waals surface area contributed by atoms with E-state index in [0.717, 1.165) is 18.9 Å². The molecule has 1 atom stereocenters. The van der Waals surface area contributed by atoms with Gasteiger partial charge in [-0.05, 0) is 58.6 Å². The Hall–Kier alpha value is -1.21. The molecule has 0 spiro atoms. The van der Waals surface area contributed by atoms with E-state index in [4.69, 9.17) is 4.74 Å². The second-order valence-electron chi connectivity index (χ2n) is 7.00. The molecule has 24 heavy (non-hydrogen) atoms. The first-order valence-corrected chi connectivity index (χ1v) is 8.91. The molecule has 0 aliphatic heterocycles. The van der Waals surface area contributed by atoms with Crippen molar-refractivity contribution in [1.82, 2.24) is 0 Å². The molecule has 2 rings (SSSR count). The number of hydrogen-bond donors (Lipinski definition) is 0. The van der Waals surface area contributed by atoms with Crippen molar-refractivity contribution in [3.8, 4) is 5.75 Å². The van der Waals surface area contributed by atoms with E-state index in [2.05, 4.69) is 4.40 Å². The second-order valence-corrected chi connectivity index (χ2v) is 8.91. The molecule has 1 aliphatic rings. The van der Waals surface area contributed by atoms with Crippen LogP contribution in [0.1, 0.15) is 51.7 Å². The van der Waals surface area contributed by atoms with Gasteiger partial charge < -0.3 is 9.29 Å². The van der Waals surface area contributed by atoms with E-state index < -0.39 is 27.8 Å². The Morgan fingerprint density at radius 1 is 1.29 bits per heavy atom. The van der Waals surface area contributed by atoms with E-state index in [1.54, 1.807) is 27.7 Å². The van der Waals surface area contributed by atoms with E-state index in [1.165, 1.54) is 12.1 Å². The monoisotopic (exact) mass is 361 g/mol. The average Bonchev–Trinajstić information content (AvgIpc) is 3.26. The molecule has 0 unspecified atom stereocenters. The molecular formula is C17H22F3NO2S. The topological polar surface area (TPSA) is 44.7 Å². The molecule has 0 N–H and O–H groups in total. The number of halogens is 3. The molecule has 0 amide bonds. The molecule has 0 radical (unpaired) electrons. The van der Waals surface area contributed by atoms with E-state index in [1.807, 2.05) is 0 Å². The molecule has 1 aliphatic carbocycles. The third kappa shape index (κ3) is 5.14. The smallest absolute Gasteiger partial charge is 0.419 e. The summed E-state index contributed by atoms with van der Waals surface area (Å²) < 4.78 is 60.5. The van der Waals surface area contributed by atoms with Gasteiger partial charge in [0.1, 0.15) is 21.9 Å². The van der Waals surface area contributed by atoms with Crippen LogP contribution in [0.5, 0.6) is 5.75 Å². The summed E-state index contributed by atoms with van der Waals surface area (Å²) in [7, 11) is 0. The van der Waals surface area contributed by atoms with Crippen LogP contribution in [0.3, 0.4) is 0 Å². The SMILES string of the molecule is CC(=N[S@@+]([O-])C(C)(C)C)c1ccc(C(F)(F)F)c(OCC2CC2)c1. The first kappa shape index (κ1) is 19.1. The molecule has 1 aromatic rings. The minimum absolute atomic E-state index is 0.192. The van der Waals surface area contributed by atoms with E-state index in [9.17, 15) is 17.7 Å². The van der Waals surface area contributed by atoms with Crippen LogP contribution in [-0.4, -0.2) is 21.6 Å². The van der Waals surface area contributed by atoms with Crippen LogP contribution in [0.25, 0.3) is 0 Å². The standard InChI is InChI=1S/C17H22F3NO2S/c1-11(21-24(22)16(2,3)4)13-7-8-14(17(18,19)20)15(9-13)23-10-12-5-6-12/h7-9,12H,5-6,10H2,1-4H3/t24-/m0/s1. The van der Waals surface area contributed by atoms with Gasteiger partial charge in [-0.15, -0.1) is 0 Å². The zero-order chi connectivity index (χ0) is 18.1. The molecule has 1 aromatic carbocycles. The van der Waals surface area contributed by atoms with Crippen LogP contribution in [-0.2, 0) is 17.5 Å². The fraction of sp³-hybridized carbons (Fsp3) is 0.588. The maximum Gasteiger partial charge on any atom is 0.419 e. The number of rotatable bonds is 5. The van der Waals surface area contributed by atoms with Crippen molar-refractivity contribution in [1.29, 1.82) is 0 Å². The van der Waals surface area contributed by atoms with Gasteiger partial charge in [0.15, 0.2) is 0 Å². The summed E-state index contributed by atoms with van der Waals surface area (Å²) in [6, 6.07) is 3.67. The van der Waals surface area contributed by atoms with Crippen molar-refractivity contribution in [2.24, 2.45) is 10.3 Å². The van der Waals surface area contributed by atoms with Crippen molar-refractivity contribution >= 4 is 17.1 Å². The largest absolute Gasteiger partial charge is 0.591 e. The normalized spacial score (nSPS) is 17.8. The second kappa shape index (κ2) is 6.96. The first-order chi connectivity index (χ1) is 11.0. The highest BCUT2D eigenvalue weighted by atomic mass is 32.2. The fourth-order valence-electron chi connectivity index (χ4n) is 1.91. The Bertz CT molecular complexity index is 619. The van der Waals surface area contributed by atoms with Crippen LogP contribution in [0, 0.1) is 5.92 Å². The average molecular weight is 361 g/mol. The van der Waals surface area contributed by atoms with E-state index in [0.29, 0.717) is 17.2 Å². The maximum absolute atomic E-state index is 13.1. The summed E-state index contributed by atoms with van der Waals surface area (Å²) >= 11 is -1.47. The third-order valence-electron chi connectivity index (χ3n) is 3.62. The molecule has 0 saturated heterocycles. The van der Waals surface area contributed by atoms with E-state index >= 15 is 0 Å². The first-order valence-electron chi connectivity index (χ1n) is 7.80. The van der Waals surface area contributed by atoms with Gasteiger partial charge in [0, 0.05) is 5.56 Å². The number of nitrogens with zero attached hydrogens (tertiary/aromatic N) is 1. The highest BCUT2D eigenvalue weighted by Gasteiger charge is 2.35. The number of ether oxygens (including phenoxy) is 1. The van der Waals surface area contributed by atoms with Gasteiger partial charge in [-0.2, -0.15) is 13.2 Å². The minimum atomic E-state index is -4.48. The summed E-state index contributed by atoms with van der Waals surface area (Å²) in [5, 5.41) is 0. The molecule has 0 aromatic heterocycles. The Morgan fingerprint density at radius 2 is 1.92 bits per heavy atom. The number of benzene rings is 1. The van der Waals surface area contributed by atoms with Gasteiger partial charge in [-0.25, -0.2) is 0 Å². The molecule has 0 bridgehead atoms. The van der Waals surface area contributed by atoms with Gasteiger partial charge in [-0.1, -0.05) is 10.5 Å². The highest BCUT2D eigenvalue weighted by molar-refractivity contribution is 7.91. The summed E-state index contributed by atoms with van der Waals surface area (Å²) in [6.45, 7) is 7.29. The molecular weight excluding hydrogens is 339 g/mol. The zero-order valence-electron chi connectivity index (χ0n) is 14.2. The maximum atomic E-state index is 13.1. The van der Waals surface area contributed by atoms with Crippen LogP contribution in [0.4, 0.5) is 13.2 Å². The fourth-order valence-corrected chi connectivity index (χ4v) is 2.54. The van der Waals surface area contributed by atoms with Crippen LogP contribution in [0.15, 0.2) is 22.6 Å². The number of alkyl halides is 3. The lowest BCUT2D eigenvalue weighted by molar-refractivity contribution is -0.139. The molecule has 0 heterocycles. The molecule has 3 nitrogen and oxygen atoms in total. The van der Waals surface area contributed by atoms with Crippen molar-refractivity contribution in [2.45, 2.75) is 51.5 Å². The zero-order valence-corrected chi connectivity index (χ0v) is 15.1. The van der Waals surface area contributed by atoms with Crippen LogP contribution in [0.2, 0.25) is 0 Å². The lowest BCUT2D eigenvalue weighted by Crippen LogP contribution is -2.26. The Balaban J connectivity index is 2.30. The third-order valence-corrected chi connectivity index (χ3v) is 5.11. The minimum Gasteiger partial charge on any atom is -0.591 e. The summed E-state index contributed by atoms with van der Waals surface area (Å²) in [5.41, 5.74) is 0.108. The quantitative estimate of drug-likeness (QED) is 0.560. The summed E-state index contributed by atoms with van der Waals surface area (Å²) in [6.07, 6.45) is -2.49. The molecule has 7 heteroatoms. The van der Waals surface area contributed by atoms with Gasteiger partial charge in [-0.3, -0.25) is 0 Å². The lowest BCUT2D eigenvalue weighted by Gasteiger charge is -2.19. The van der Waals surface area contributed by atoms with Gasteiger partial charge in [0.25, 0.3) is 0 Å². The summed E-state index contributed by atoms with van der Waals surface area (Å²) in [4.78, 5) is 0. The Morgan fingerprint density at radius 3 is 2.42 bits per heavy atom. The van der Waals surface area contributed by atoms with Crippen molar-refractivity contribution in [2.75, 3.05) is 6.61 Å². The Kier molecular flexibility index (Phi) is 5.54. The van der Waals surface area contributed by atoms with Crippen LogP contribution < -0.4 is 4.74 Å².